The van der Waals surface area contributed by atoms with Crippen LogP contribution in [0.3, 0.4) is 0 Å². The first-order valence-corrected chi connectivity index (χ1v) is 11.8. The molecule has 3 rings (SSSR count). The maximum absolute atomic E-state index is 13.5. The summed E-state index contributed by atoms with van der Waals surface area (Å²) in [6.45, 7) is -0.588. The highest BCUT2D eigenvalue weighted by atomic mass is 32.3. The number of hydrogen-bond acceptors (Lipinski definition) is 5. The van der Waals surface area contributed by atoms with Gasteiger partial charge in [-0.1, -0.05) is 34.0 Å². The minimum Gasteiger partial charge on any atom is -0.265 e. The molecule has 0 saturated heterocycles. The Hall–Kier alpha value is -2.76. The summed E-state index contributed by atoms with van der Waals surface area (Å²) in [5, 5.41) is 0. The molecule has 0 amide bonds. The number of nitrogens with zero attached hydrogens (tertiary/aromatic N) is 2. The first-order chi connectivity index (χ1) is 14.5. The van der Waals surface area contributed by atoms with Crippen LogP contribution >= 0.6 is 0 Å². The molecule has 0 saturated carbocycles. The lowest BCUT2D eigenvalue weighted by Gasteiger charge is -2.24. The Bertz CT molecular complexity index is 1250. The van der Waals surface area contributed by atoms with E-state index in [9.17, 15) is 30.0 Å². The second-order valence-electron chi connectivity index (χ2n) is 6.42. The Kier molecular flexibility index (Phi) is 6.48. The fraction of sp³-hybridized carbons (Fsp3) is 0.150. The van der Waals surface area contributed by atoms with E-state index in [1.54, 1.807) is 12.1 Å². The van der Waals surface area contributed by atoms with Crippen molar-refractivity contribution in [2.75, 3.05) is 6.54 Å². The van der Waals surface area contributed by atoms with Gasteiger partial charge in [0.1, 0.15) is 0 Å². The molecular weight excluding hydrogens is 453 g/mol. The third-order valence-corrected chi connectivity index (χ3v) is 8.77. The SMILES string of the molecule is O=S(=O)(c1ccccc1)N(CCc1ccncc1)S(=O)(=O)c1ccccc1C(F)(F)F. The summed E-state index contributed by atoms with van der Waals surface area (Å²) in [6, 6.07) is 13.3. The molecule has 0 N–H and O–H groups in total. The van der Waals surface area contributed by atoms with E-state index in [2.05, 4.69) is 4.98 Å². The summed E-state index contributed by atoms with van der Waals surface area (Å²) in [5.74, 6) is 0. The highest BCUT2D eigenvalue weighted by Crippen LogP contribution is 2.36. The van der Waals surface area contributed by atoms with E-state index >= 15 is 0 Å². The molecule has 1 heterocycles. The third kappa shape index (κ3) is 4.94. The van der Waals surface area contributed by atoms with Gasteiger partial charge in [-0.2, -0.15) is 13.2 Å². The largest absolute Gasteiger partial charge is 0.417 e. The molecule has 1 aromatic heterocycles. The number of pyridine rings is 1. The molecule has 0 unspecified atom stereocenters. The first-order valence-electron chi connectivity index (χ1n) is 8.93. The highest BCUT2D eigenvalue weighted by molar-refractivity contribution is 8.04. The van der Waals surface area contributed by atoms with Gasteiger partial charge in [-0.05, 0) is 48.4 Å². The van der Waals surface area contributed by atoms with E-state index in [0.717, 1.165) is 18.2 Å². The molecular formula is C20H17F3N2O4S2. The Morgan fingerprint density at radius 2 is 1.35 bits per heavy atom. The van der Waals surface area contributed by atoms with Gasteiger partial charge in [-0.15, -0.1) is 0 Å². The van der Waals surface area contributed by atoms with Gasteiger partial charge in [0, 0.05) is 18.9 Å². The monoisotopic (exact) mass is 470 g/mol. The molecule has 3 aromatic rings. The second kappa shape index (κ2) is 8.77. The third-order valence-electron chi connectivity index (χ3n) is 4.38. The zero-order chi connectivity index (χ0) is 22.7. The minimum atomic E-state index is -5.08. The van der Waals surface area contributed by atoms with Crippen molar-refractivity contribution in [3.05, 3.63) is 90.3 Å². The number of benzene rings is 2. The van der Waals surface area contributed by atoms with Crippen LogP contribution in [-0.4, -0.2) is 32.1 Å². The number of halogens is 3. The van der Waals surface area contributed by atoms with Crippen molar-refractivity contribution >= 4 is 20.0 Å². The molecule has 0 aliphatic rings. The van der Waals surface area contributed by atoms with Gasteiger partial charge in [0.05, 0.1) is 15.4 Å². The van der Waals surface area contributed by atoms with E-state index in [0.29, 0.717) is 11.6 Å². The number of alkyl halides is 3. The number of aromatic nitrogens is 1. The predicted molar refractivity (Wildman–Crippen MR) is 107 cm³/mol. The molecule has 0 fully saturated rings. The molecule has 0 atom stereocenters. The lowest BCUT2D eigenvalue weighted by molar-refractivity contribution is -0.139. The van der Waals surface area contributed by atoms with E-state index in [1.807, 2.05) is 0 Å². The van der Waals surface area contributed by atoms with Gasteiger partial charge in [0.2, 0.25) is 0 Å². The Morgan fingerprint density at radius 3 is 1.97 bits per heavy atom. The topological polar surface area (TPSA) is 84.4 Å². The van der Waals surface area contributed by atoms with Crippen molar-refractivity contribution < 1.29 is 30.0 Å². The van der Waals surface area contributed by atoms with Gasteiger partial charge < -0.3 is 0 Å². The molecule has 0 radical (unpaired) electrons. The zero-order valence-electron chi connectivity index (χ0n) is 15.9. The van der Waals surface area contributed by atoms with Crippen LogP contribution in [0.4, 0.5) is 13.2 Å². The molecule has 0 aliphatic heterocycles. The van der Waals surface area contributed by atoms with Gasteiger partial charge in [-0.25, -0.2) is 16.8 Å². The maximum Gasteiger partial charge on any atom is 0.417 e. The van der Waals surface area contributed by atoms with Crippen LogP contribution < -0.4 is 0 Å². The molecule has 2 aromatic carbocycles. The van der Waals surface area contributed by atoms with Crippen LogP contribution in [0, 0.1) is 0 Å². The zero-order valence-corrected chi connectivity index (χ0v) is 17.5. The molecule has 6 nitrogen and oxygen atoms in total. The Morgan fingerprint density at radius 1 is 0.774 bits per heavy atom. The van der Waals surface area contributed by atoms with Crippen molar-refractivity contribution in [1.82, 2.24) is 8.69 Å². The lowest BCUT2D eigenvalue weighted by atomic mass is 10.2. The standard InChI is InChI=1S/C20H17F3N2O4S2/c21-20(22,23)18-8-4-5-9-19(18)31(28,29)25(15-12-16-10-13-24-14-11-16)30(26,27)17-6-2-1-3-7-17/h1-11,13-14H,12,15H2. The Labute approximate surface area is 178 Å². The van der Waals surface area contributed by atoms with Gasteiger partial charge >= 0.3 is 6.18 Å². The molecule has 0 aliphatic carbocycles. The van der Waals surface area contributed by atoms with Crippen LogP contribution in [-0.2, 0) is 32.6 Å². The Balaban J connectivity index is 2.14. The lowest BCUT2D eigenvalue weighted by Crippen LogP contribution is -2.39. The van der Waals surface area contributed by atoms with E-state index in [4.69, 9.17) is 0 Å². The molecule has 164 valence electrons. The average molecular weight is 470 g/mol. The minimum absolute atomic E-state index is 0.0536. The summed E-state index contributed by atoms with van der Waals surface area (Å²) in [4.78, 5) is 2.35. The van der Waals surface area contributed by atoms with Crippen LogP contribution in [0.25, 0.3) is 0 Å². The highest BCUT2D eigenvalue weighted by Gasteiger charge is 2.42. The maximum atomic E-state index is 13.5. The molecule has 31 heavy (non-hydrogen) atoms. The van der Waals surface area contributed by atoms with Crippen LogP contribution in [0.1, 0.15) is 11.1 Å². The normalized spacial score (nSPS) is 12.8. The molecule has 11 heteroatoms. The van der Waals surface area contributed by atoms with Crippen molar-refractivity contribution in [1.29, 1.82) is 0 Å². The fourth-order valence-electron chi connectivity index (χ4n) is 2.88. The average Bonchev–Trinajstić information content (AvgIpc) is 2.74. The van der Waals surface area contributed by atoms with Crippen molar-refractivity contribution in [2.45, 2.75) is 22.4 Å². The summed E-state index contributed by atoms with van der Waals surface area (Å²) in [5.41, 5.74) is -0.866. The van der Waals surface area contributed by atoms with Crippen molar-refractivity contribution in [3.8, 4) is 0 Å². The van der Waals surface area contributed by atoms with E-state index in [-0.39, 0.29) is 15.0 Å². The van der Waals surface area contributed by atoms with Crippen LogP contribution in [0.5, 0.6) is 0 Å². The van der Waals surface area contributed by atoms with Crippen molar-refractivity contribution in [3.63, 3.8) is 0 Å². The first kappa shape index (κ1) is 22.9. The van der Waals surface area contributed by atoms with Gasteiger partial charge in [0.15, 0.2) is 0 Å². The fourth-order valence-corrected chi connectivity index (χ4v) is 6.75. The summed E-state index contributed by atoms with van der Waals surface area (Å²) in [6.07, 6.45) is -2.16. The van der Waals surface area contributed by atoms with Crippen LogP contribution in [0.15, 0.2) is 88.9 Å². The van der Waals surface area contributed by atoms with Crippen molar-refractivity contribution in [2.24, 2.45) is 0 Å². The number of rotatable bonds is 7. The van der Waals surface area contributed by atoms with E-state index in [1.165, 1.54) is 42.7 Å². The van der Waals surface area contributed by atoms with E-state index < -0.39 is 43.2 Å². The molecule has 0 bridgehead atoms. The predicted octanol–water partition coefficient (Wildman–Crippen LogP) is 3.72. The van der Waals surface area contributed by atoms with Gasteiger partial charge in [-0.3, -0.25) is 4.98 Å². The number of hydrogen-bond donors (Lipinski definition) is 0. The quantitative estimate of drug-likeness (QED) is 0.526. The van der Waals surface area contributed by atoms with Gasteiger partial charge in [0.25, 0.3) is 20.0 Å². The molecule has 0 spiro atoms. The summed E-state index contributed by atoms with van der Waals surface area (Å²) < 4.78 is 93.5. The summed E-state index contributed by atoms with van der Waals surface area (Å²) >= 11 is 0. The van der Waals surface area contributed by atoms with Crippen LogP contribution in [0.2, 0.25) is 0 Å². The summed E-state index contributed by atoms with van der Waals surface area (Å²) in [7, 11) is -9.76. The number of sulfonamides is 2. The second-order valence-corrected chi connectivity index (χ2v) is 10.3. The smallest absolute Gasteiger partial charge is 0.265 e.